The van der Waals surface area contributed by atoms with Gasteiger partial charge in [0.2, 0.25) is 11.7 Å². The number of aromatic nitrogens is 4. The Morgan fingerprint density at radius 3 is 2.65 bits per heavy atom. The van der Waals surface area contributed by atoms with Crippen molar-refractivity contribution in [3.05, 3.63) is 86.7 Å². The minimum Gasteiger partial charge on any atom is -0.497 e. The third-order valence-electron chi connectivity index (χ3n) is 5.25. The topological polar surface area (TPSA) is 101 Å². The first kappa shape index (κ1) is 21.7. The van der Waals surface area contributed by atoms with E-state index >= 15 is 0 Å². The molecule has 0 amide bonds. The second-order valence-corrected chi connectivity index (χ2v) is 8.23. The van der Waals surface area contributed by atoms with Gasteiger partial charge in [-0.1, -0.05) is 17.3 Å². The quantitative estimate of drug-likeness (QED) is 0.353. The maximum atomic E-state index is 13.4. The minimum absolute atomic E-state index is 0.0145. The summed E-state index contributed by atoms with van der Waals surface area (Å²) in [5.74, 6) is 1.95. The highest BCUT2D eigenvalue weighted by Gasteiger charge is 2.18. The van der Waals surface area contributed by atoms with Crippen molar-refractivity contribution >= 4 is 21.6 Å². The van der Waals surface area contributed by atoms with Gasteiger partial charge >= 0.3 is 5.69 Å². The summed E-state index contributed by atoms with van der Waals surface area (Å²) in [5, 5.41) is 5.84. The molecule has 3 aromatic heterocycles. The van der Waals surface area contributed by atoms with E-state index in [1.807, 2.05) is 31.2 Å². The molecule has 34 heavy (non-hydrogen) atoms. The van der Waals surface area contributed by atoms with Gasteiger partial charge in [-0.3, -0.25) is 9.36 Å². The molecular formula is C24H20N4O5S. The van der Waals surface area contributed by atoms with E-state index in [1.54, 1.807) is 42.8 Å². The summed E-state index contributed by atoms with van der Waals surface area (Å²) in [7, 11) is 1.55. The number of rotatable bonds is 7. The number of fused-ring (bicyclic) bond motifs is 1. The van der Waals surface area contributed by atoms with E-state index in [1.165, 1.54) is 15.9 Å². The van der Waals surface area contributed by atoms with Crippen molar-refractivity contribution < 1.29 is 14.0 Å². The van der Waals surface area contributed by atoms with Crippen molar-refractivity contribution in [2.45, 2.75) is 13.5 Å². The molecule has 3 heterocycles. The predicted octanol–water partition coefficient (Wildman–Crippen LogP) is 3.72. The number of methoxy groups -OCH3 is 1. The third kappa shape index (κ3) is 3.88. The summed E-state index contributed by atoms with van der Waals surface area (Å²) >= 11 is 1.27. The summed E-state index contributed by atoms with van der Waals surface area (Å²) in [5.41, 5.74) is 0.813. The van der Waals surface area contributed by atoms with Gasteiger partial charge in [-0.15, -0.1) is 11.3 Å². The molecule has 0 atom stereocenters. The standard InChI is InChI=1S/C24H20N4O5S/c1-3-32-18-6-4-5-15(13-18)22-25-20(33-26-22)14-27-19-11-12-34-21(19)23(29)28(24(27)30)16-7-9-17(31-2)10-8-16/h4-13H,3,14H2,1-2H3. The van der Waals surface area contributed by atoms with E-state index in [0.717, 1.165) is 10.1 Å². The number of hydrogen-bond acceptors (Lipinski definition) is 8. The Labute approximate surface area is 197 Å². The van der Waals surface area contributed by atoms with Crippen molar-refractivity contribution in [2.75, 3.05) is 13.7 Å². The lowest BCUT2D eigenvalue weighted by atomic mass is 10.2. The summed E-state index contributed by atoms with van der Waals surface area (Å²) in [6, 6.07) is 15.8. The van der Waals surface area contributed by atoms with Gasteiger partial charge in [0.05, 0.1) is 24.9 Å². The summed E-state index contributed by atoms with van der Waals surface area (Å²) in [6.45, 7) is 2.47. The fraction of sp³-hybridized carbons (Fsp3) is 0.167. The summed E-state index contributed by atoms with van der Waals surface area (Å²) in [6.07, 6.45) is 0. The van der Waals surface area contributed by atoms with E-state index in [-0.39, 0.29) is 18.0 Å². The smallest absolute Gasteiger partial charge is 0.336 e. The first-order valence-corrected chi connectivity index (χ1v) is 11.4. The molecular weight excluding hydrogens is 456 g/mol. The Kier molecular flexibility index (Phi) is 5.72. The van der Waals surface area contributed by atoms with Gasteiger partial charge in [-0.25, -0.2) is 9.36 Å². The maximum Gasteiger partial charge on any atom is 0.336 e. The second-order valence-electron chi connectivity index (χ2n) is 7.31. The average molecular weight is 477 g/mol. The lowest BCUT2D eigenvalue weighted by molar-refractivity contribution is 0.340. The molecule has 9 nitrogen and oxygen atoms in total. The van der Waals surface area contributed by atoms with E-state index in [4.69, 9.17) is 14.0 Å². The molecule has 10 heteroatoms. The Morgan fingerprint density at radius 2 is 1.88 bits per heavy atom. The molecule has 0 spiro atoms. The normalized spacial score (nSPS) is 11.1. The van der Waals surface area contributed by atoms with Gasteiger partial charge in [0, 0.05) is 5.56 Å². The van der Waals surface area contributed by atoms with Crippen molar-refractivity contribution in [3.8, 4) is 28.6 Å². The van der Waals surface area contributed by atoms with E-state index < -0.39 is 5.69 Å². The molecule has 0 aliphatic rings. The van der Waals surface area contributed by atoms with Crippen LogP contribution < -0.4 is 20.7 Å². The Balaban J connectivity index is 1.56. The Bertz CT molecular complexity index is 1580. The van der Waals surface area contributed by atoms with Crippen LogP contribution in [-0.2, 0) is 6.54 Å². The zero-order valence-electron chi connectivity index (χ0n) is 18.4. The van der Waals surface area contributed by atoms with Crippen LogP contribution in [0.3, 0.4) is 0 Å². The lowest BCUT2D eigenvalue weighted by Gasteiger charge is -2.11. The fourth-order valence-corrected chi connectivity index (χ4v) is 4.49. The van der Waals surface area contributed by atoms with Gasteiger partial charge in [-0.05, 0) is 54.8 Å². The molecule has 0 saturated carbocycles. The lowest BCUT2D eigenvalue weighted by Crippen LogP contribution is -2.38. The van der Waals surface area contributed by atoms with Crippen LogP contribution in [0.15, 0.2) is 74.1 Å². The van der Waals surface area contributed by atoms with Gasteiger partial charge in [0.15, 0.2) is 0 Å². The average Bonchev–Trinajstić information content (AvgIpc) is 3.53. The van der Waals surface area contributed by atoms with Gasteiger partial charge in [0.1, 0.15) is 22.7 Å². The van der Waals surface area contributed by atoms with Crippen LogP contribution in [-0.4, -0.2) is 33.0 Å². The molecule has 0 radical (unpaired) electrons. The molecule has 172 valence electrons. The minimum atomic E-state index is -0.501. The Hall–Kier alpha value is -4.18. The second kappa shape index (κ2) is 8.99. The van der Waals surface area contributed by atoms with Crippen molar-refractivity contribution in [1.82, 2.24) is 19.3 Å². The van der Waals surface area contributed by atoms with Gasteiger partial charge in [-0.2, -0.15) is 4.98 Å². The van der Waals surface area contributed by atoms with E-state index in [2.05, 4.69) is 10.1 Å². The molecule has 5 rings (SSSR count). The molecule has 0 aliphatic carbocycles. The first-order valence-electron chi connectivity index (χ1n) is 10.5. The number of nitrogens with zero attached hydrogens (tertiary/aromatic N) is 4. The van der Waals surface area contributed by atoms with E-state index in [9.17, 15) is 9.59 Å². The molecule has 2 aromatic carbocycles. The number of thiophene rings is 1. The number of ether oxygens (including phenoxy) is 2. The van der Waals surface area contributed by atoms with Crippen molar-refractivity contribution in [2.24, 2.45) is 0 Å². The van der Waals surface area contributed by atoms with Crippen LogP contribution in [0.4, 0.5) is 0 Å². The van der Waals surface area contributed by atoms with Crippen LogP contribution in [0.25, 0.3) is 27.3 Å². The first-order chi connectivity index (χ1) is 16.6. The van der Waals surface area contributed by atoms with Crippen LogP contribution in [0.1, 0.15) is 12.8 Å². The molecule has 0 saturated heterocycles. The highest BCUT2D eigenvalue weighted by atomic mass is 32.1. The molecule has 0 unspecified atom stereocenters. The van der Waals surface area contributed by atoms with E-state index in [0.29, 0.717) is 39.8 Å². The number of benzene rings is 2. The molecule has 0 bridgehead atoms. The van der Waals surface area contributed by atoms with Crippen LogP contribution in [0.2, 0.25) is 0 Å². The van der Waals surface area contributed by atoms with Crippen molar-refractivity contribution in [3.63, 3.8) is 0 Å². The zero-order chi connectivity index (χ0) is 23.7. The van der Waals surface area contributed by atoms with Crippen LogP contribution >= 0.6 is 11.3 Å². The maximum absolute atomic E-state index is 13.4. The van der Waals surface area contributed by atoms with Crippen LogP contribution in [0, 0.1) is 0 Å². The van der Waals surface area contributed by atoms with Crippen molar-refractivity contribution in [1.29, 1.82) is 0 Å². The molecule has 5 aromatic rings. The fourth-order valence-electron chi connectivity index (χ4n) is 3.66. The molecule has 0 N–H and O–H groups in total. The SMILES string of the molecule is CCOc1cccc(-c2noc(Cn3c(=O)n(-c4ccc(OC)cc4)c(=O)c4sccc43)n2)c1. The largest absolute Gasteiger partial charge is 0.497 e. The highest BCUT2D eigenvalue weighted by Crippen LogP contribution is 2.23. The van der Waals surface area contributed by atoms with Gasteiger partial charge < -0.3 is 14.0 Å². The molecule has 0 fully saturated rings. The Morgan fingerprint density at radius 1 is 1.06 bits per heavy atom. The number of hydrogen-bond donors (Lipinski definition) is 0. The monoisotopic (exact) mass is 476 g/mol. The predicted molar refractivity (Wildman–Crippen MR) is 128 cm³/mol. The molecule has 0 aliphatic heterocycles. The third-order valence-corrected chi connectivity index (χ3v) is 6.14. The zero-order valence-corrected chi connectivity index (χ0v) is 19.2. The highest BCUT2D eigenvalue weighted by molar-refractivity contribution is 7.17. The summed E-state index contributed by atoms with van der Waals surface area (Å²) < 4.78 is 19.2. The summed E-state index contributed by atoms with van der Waals surface area (Å²) in [4.78, 5) is 31.0. The van der Waals surface area contributed by atoms with Crippen LogP contribution in [0.5, 0.6) is 11.5 Å². The van der Waals surface area contributed by atoms with Gasteiger partial charge in [0.25, 0.3) is 5.56 Å².